The van der Waals surface area contributed by atoms with Crippen LogP contribution in [0.2, 0.25) is 0 Å². The lowest BCUT2D eigenvalue weighted by Crippen LogP contribution is -2.46. The van der Waals surface area contributed by atoms with E-state index in [1.165, 1.54) is 11.1 Å². The van der Waals surface area contributed by atoms with E-state index >= 15 is 0 Å². The average molecular weight is 368 g/mol. The number of amides is 1. The van der Waals surface area contributed by atoms with Gasteiger partial charge in [0.15, 0.2) is 0 Å². The second-order valence-corrected chi connectivity index (χ2v) is 6.83. The van der Waals surface area contributed by atoms with Gasteiger partial charge in [0.05, 0.1) is 19.8 Å². The summed E-state index contributed by atoms with van der Waals surface area (Å²) in [5.41, 5.74) is 3.62. The highest BCUT2D eigenvalue weighted by Crippen LogP contribution is 2.25. The summed E-state index contributed by atoms with van der Waals surface area (Å²) in [6.07, 6.45) is 0.954. The van der Waals surface area contributed by atoms with Crippen LogP contribution in [0.1, 0.15) is 30.5 Å². The molecule has 1 aliphatic rings. The zero-order chi connectivity index (χ0) is 19.2. The van der Waals surface area contributed by atoms with Gasteiger partial charge in [0.2, 0.25) is 5.91 Å². The van der Waals surface area contributed by atoms with Crippen LogP contribution in [-0.2, 0) is 24.3 Å². The first-order chi connectivity index (χ1) is 13.1. The first-order valence-electron chi connectivity index (χ1n) is 9.50. The average Bonchev–Trinajstić information content (AvgIpc) is 2.71. The molecule has 0 fully saturated rings. The number of methoxy groups -OCH3 is 1. The largest absolute Gasteiger partial charge is 0.497 e. The minimum absolute atomic E-state index is 0.0437. The van der Waals surface area contributed by atoms with Crippen LogP contribution in [0, 0.1) is 0 Å². The lowest BCUT2D eigenvalue weighted by atomic mass is 9.98. The van der Waals surface area contributed by atoms with Crippen LogP contribution in [0.4, 0.5) is 0 Å². The number of ether oxygens (including phenoxy) is 2. The van der Waals surface area contributed by atoms with Crippen LogP contribution in [-0.4, -0.2) is 37.1 Å². The third-order valence-electron chi connectivity index (χ3n) is 5.06. The van der Waals surface area contributed by atoms with Gasteiger partial charge >= 0.3 is 0 Å². The maximum Gasteiger partial charge on any atom is 0.237 e. The lowest BCUT2D eigenvalue weighted by molar-refractivity contribution is -0.126. The van der Waals surface area contributed by atoms with E-state index in [0.29, 0.717) is 13.2 Å². The van der Waals surface area contributed by atoms with Crippen molar-refractivity contribution in [2.24, 2.45) is 0 Å². The smallest absolute Gasteiger partial charge is 0.237 e. The predicted molar refractivity (Wildman–Crippen MR) is 106 cm³/mol. The number of nitrogens with one attached hydrogen (secondary N) is 1. The van der Waals surface area contributed by atoms with Crippen molar-refractivity contribution >= 4 is 5.91 Å². The van der Waals surface area contributed by atoms with Crippen LogP contribution in [0.3, 0.4) is 0 Å². The molecule has 0 saturated heterocycles. The SMILES string of the molecule is CCOc1ccc2c(c1)CN(C(C)C(=O)NCc1cccc(OC)c1)CC2. The Morgan fingerprint density at radius 1 is 1.19 bits per heavy atom. The highest BCUT2D eigenvalue weighted by Gasteiger charge is 2.25. The second-order valence-electron chi connectivity index (χ2n) is 6.83. The summed E-state index contributed by atoms with van der Waals surface area (Å²) in [5, 5.41) is 3.04. The predicted octanol–water partition coefficient (Wildman–Crippen LogP) is 3.16. The van der Waals surface area contributed by atoms with Crippen molar-refractivity contribution in [3.63, 3.8) is 0 Å². The Hall–Kier alpha value is -2.53. The molecule has 2 aromatic carbocycles. The molecular weight excluding hydrogens is 340 g/mol. The number of fused-ring (bicyclic) bond motifs is 1. The number of hydrogen-bond donors (Lipinski definition) is 1. The van der Waals surface area contributed by atoms with Gasteiger partial charge in [-0.05, 0) is 61.2 Å². The fourth-order valence-corrected chi connectivity index (χ4v) is 3.43. The zero-order valence-corrected chi connectivity index (χ0v) is 16.3. The Bertz CT molecular complexity index is 791. The quantitative estimate of drug-likeness (QED) is 0.816. The summed E-state index contributed by atoms with van der Waals surface area (Å²) in [7, 11) is 1.64. The molecule has 1 atom stereocenters. The van der Waals surface area contributed by atoms with Crippen molar-refractivity contribution < 1.29 is 14.3 Å². The molecule has 1 aliphatic heterocycles. The molecule has 2 aromatic rings. The van der Waals surface area contributed by atoms with Crippen molar-refractivity contribution in [2.75, 3.05) is 20.3 Å². The van der Waals surface area contributed by atoms with Crippen molar-refractivity contribution in [3.05, 3.63) is 59.2 Å². The number of carbonyl (C=O) groups is 1. The molecule has 1 amide bonds. The third-order valence-corrected chi connectivity index (χ3v) is 5.06. The van der Waals surface area contributed by atoms with Crippen LogP contribution in [0.25, 0.3) is 0 Å². The van der Waals surface area contributed by atoms with Gasteiger partial charge in [0.25, 0.3) is 0 Å². The molecule has 0 saturated carbocycles. The molecule has 0 bridgehead atoms. The number of carbonyl (C=O) groups excluding carboxylic acids is 1. The molecule has 1 heterocycles. The number of rotatable bonds is 7. The Kier molecular flexibility index (Phi) is 6.35. The Balaban J connectivity index is 1.59. The Morgan fingerprint density at radius 2 is 2.04 bits per heavy atom. The number of benzene rings is 2. The number of hydrogen-bond acceptors (Lipinski definition) is 4. The van der Waals surface area contributed by atoms with Crippen molar-refractivity contribution in [3.8, 4) is 11.5 Å². The van der Waals surface area contributed by atoms with Gasteiger partial charge in [-0.3, -0.25) is 9.69 Å². The topological polar surface area (TPSA) is 50.8 Å². The zero-order valence-electron chi connectivity index (χ0n) is 16.3. The van der Waals surface area contributed by atoms with E-state index in [4.69, 9.17) is 9.47 Å². The molecule has 0 spiro atoms. The highest BCUT2D eigenvalue weighted by atomic mass is 16.5. The molecule has 144 valence electrons. The van der Waals surface area contributed by atoms with Gasteiger partial charge in [-0.1, -0.05) is 18.2 Å². The van der Waals surface area contributed by atoms with Gasteiger partial charge < -0.3 is 14.8 Å². The van der Waals surface area contributed by atoms with Crippen LogP contribution in [0.15, 0.2) is 42.5 Å². The van der Waals surface area contributed by atoms with Crippen molar-refractivity contribution in [1.29, 1.82) is 0 Å². The fraction of sp³-hybridized carbons (Fsp3) is 0.409. The lowest BCUT2D eigenvalue weighted by Gasteiger charge is -2.33. The summed E-state index contributed by atoms with van der Waals surface area (Å²) >= 11 is 0. The summed E-state index contributed by atoms with van der Waals surface area (Å²) in [4.78, 5) is 14.9. The maximum atomic E-state index is 12.6. The summed E-state index contributed by atoms with van der Waals surface area (Å²) in [5.74, 6) is 1.74. The van der Waals surface area contributed by atoms with Crippen molar-refractivity contribution in [2.45, 2.75) is 39.4 Å². The van der Waals surface area contributed by atoms with E-state index in [2.05, 4.69) is 22.3 Å². The normalized spacial score (nSPS) is 14.9. The molecule has 1 unspecified atom stereocenters. The van der Waals surface area contributed by atoms with Gasteiger partial charge in [-0.2, -0.15) is 0 Å². The summed E-state index contributed by atoms with van der Waals surface area (Å²) in [6.45, 7) is 6.77. The van der Waals surface area contributed by atoms with E-state index in [-0.39, 0.29) is 11.9 Å². The molecular formula is C22H28N2O3. The van der Waals surface area contributed by atoms with Crippen LogP contribution in [0.5, 0.6) is 11.5 Å². The summed E-state index contributed by atoms with van der Waals surface area (Å²) < 4.78 is 10.8. The van der Waals surface area contributed by atoms with Gasteiger partial charge in [0.1, 0.15) is 11.5 Å². The molecule has 5 heteroatoms. The van der Waals surface area contributed by atoms with E-state index in [0.717, 1.165) is 36.6 Å². The molecule has 0 radical (unpaired) electrons. The first kappa shape index (κ1) is 19.2. The van der Waals surface area contributed by atoms with Gasteiger partial charge in [0, 0.05) is 19.6 Å². The minimum Gasteiger partial charge on any atom is -0.497 e. The van der Waals surface area contributed by atoms with Gasteiger partial charge in [-0.15, -0.1) is 0 Å². The van der Waals surface area contributed by atoms with Crippen LogP contribution >= 0.6 is 0 Å². The number of nitrogens with zero attached hydrogens (tertiary/aromatic N) is 1. The standard InChI is InChI=1S/C22H28N2O3/c1-4-27-21-9-8-18-10-11-24(15-19(18)13-21)16(2)22(25)23-14-17-6-5-7-20(12-17)26-3/h5-9,12-13,16H,4,10-11,14-15H2,1-3H3,(H,23,25). The molecule has 1 N–H and O–H groups in total. The fourth-order valence-electron chi connectivity index (χ4n) is 3.43. The molecule has 3 rings (SSSR count). The van der Waals surface area contributed by atoms with Crippen molar-refractivity contribution in [1.82, 2.24) is 10.2 Å². The maximum absolute atomic E-state index is 12.6. The van der Waals surface area contributed by atoms with E-state index in [1.54, 1.807) is 7.11 Å². The minimum atomic E-state index is -0.181. The van der Waals surface area contributed by atoms with Crippen LogP contribution < -0.4 is 14.8 Å². The Morgan fingerprint density at radius 3 is 2.81 bits per heavy atom. The highest BCUT2D eigenvalue weighted by molar-refractivity contribution is 5.81. The molecule has 27 heavy (non-hydrogen) atoms. The van der Waals surface area contributed by atoms with E-state index in [9.17, 15) is 4.79 Å². The monoisotopic (exact) mass is 368 g/mol. The Labute approximate surface area is 161 Å². The molecule has 5 nitrogen and oxygen atoms in total. The molecule has 0 aliphatic carbocycles. The second kappa shape index (κ2) is 8.91. The third kappa shape index (κ3) is 4.80. The summed E-state index contributed by atoms with van der Waals surface area (Å²) in [6, 6.07) is 13.9. The van der Waals surface area contributed by atoms with E-state index in [1.807, 2.05) is 44.2 Å². The molecule has 0 aromatic heterocycles. The van der Waals surface area contributed by atoms with E-state index < -0.39 is 0 Å². The van der Waals surface area contributed by atoms with Gasteiger partial charge in [-0.25, -0.2) is 0 Å². The first-order valence-corrected chi connectivity index (χ1v) is 9.50.